The molecule has 3 heterocycles. The molecule has 0 saturated carbocycles. The zero-order chi connectivity index (χ0) is 22.8. The molecule has 0 bridgehead atoms. The average Bonchev–Trinajstić information content (AvgIpc) is 3.43. The molecule has 0 spiro atoms. The number of fused-ring (bicyclic) bond motifs is 1. The number of nitrogens with one attached hydrogen (secondary N) is 1. The topological polar surface area (TPSA) is 67.5 Å². The molecule has 9 heteroatoms. The van der Waals surface area contributed by atoms with E-state index in [1.165, 1.54) is 11.8 Å². The van der Waals surface area contributed by atoms with Crippen molar-refractivity contribution < 1.29 is 14.0 Å². The molecule has 32 heavy (non-hydrogen) atoms. The molecule has 1 N–H and O–H groups in total. The molecule has 0 aliphatic carbocycles. The monoisotopic (exact) mass is 531 g/mol. The molecule has 0 atom stereocenters. The van der Waals surface area contributed by atoms with Crippen LogP contribution < -0.4 is 5.32 Å². The van der Waals surface area contributed by atoms with Gasteiger partial charge in [0.2, 0.25) is 5.91 Å². The summed E-state index contributed by atoms with van der Waals surface area (Å²) in [4.78, 5) is 27.7. The lowest BCUT2D eigenvalue weighted by atomic mass is 10.1. The molecule has 0 unspecified atom stereocenters. The van der Waals surface area contributed by atoms with E-state index in [9.17, 15) is 9.59 Å². The van der Waals surface area contributed by atoms with Crippen LogP contribution in [0.25, 0.3) is 17.0 Å². The third kappa shape index (κ3) is 5.00. The van der Waals surface area contributed by atoms with Gasteiger partial charge in [-0.2, -0.15) is 0 Å². The molecule has 0 radical (unpaired) electrons. The summed E-state index contributed by atoms with van der Waals surface area (Å²) in [5.74, 6) is 0.829. The number of halogens is 1. The van der Waals surface area contributed by atoms with E-state index < -0.39 is 0 Å². The average molecular weight is 532 g/mol. The minimum atomic E-state index is -0.129. The molecule has 1 fully saturated rings. The second-order valence-corrected chi connectivity index (χ2v) is 10.5. The standard InChI is InChI=1S/C23H22BrN3O3S2/c1-14(2)11-27-22(29)20(32-23(27)31)8-15-12-26(19-6-5-16(24)9-18(15)19)13-21(28)25-10-17-4-3-7-30-17/h3-9,12,14H,10-11,13H2,1-2H3,(H,25,28)/b20-8-. The summed E-state index contributed by atoms with van der Waals surface area (Å²) < 4.78 is 8.66. The summed E-state index contributed by atoms with van der Waals surface area (Å²) in [6.45, 7) is 5.21. The summed E-state index contributed by atoms with van der Waals surface area (Å²) >= 11 is 10.3. The Kier molecular flexibility index (Phi) is 6.88. The van der Waals surface area contributed by atoms with Gasteiger partial charge in [-0.25, -0.2) is 0 Å². The Balaban J connectivity index is 1.60. The largest absolute Gasteiger partial charge is 0.467 e. The Hall–Kier alpha value is -2.36. The number of benzene rings is 1. The maximum Gasteiger partial charge on any atom is 0.266 e. The minimum Gasteiger partial charge on any atom is -0.467 e. The number of hydrogen-bond donors (Lipinski definition) is 1. The fourth-order valence-electron chi connectivity index (χ4n) is 3.52. The maximum atomic E-state index is 12.9. The Morgan fingerprint density at radius 2 is 2.16 bits per heavy atom. The fourth-order valence-corrected chi connectivity index (χ4v) is 5.14. The number of amides is 2. The van der Waals surface area contributed by atoms with Crippen molar-refractivity contribution in [2.45, 2.75) is 26.9 Å². The van der Waals surface area contributed by atoms with Gasteiger partial charge in [-0.1, -0.05) is 53.8 Å². The molecule has 1 saturated heterocycles. The molecule has 1 aromatic carbocycles. The summed E-state index contributed by atoms with van der Waals surface area (Å²) in [5.41, 5.74) is 1.77. The minimum absolute atomic E-state index is 0.0687. The summed E-state index contributed by atoms with van der Waals surface area (Å²) in [6.07, 6.45) is 5.35. The summed E-state index contributed by atoms with van der Waals surface area (Å²) in [5, 5.41) is 3.82. The zero-order valence-electron chi connectivity index (χ0n) is 17.6. The first-order valence-electron chi connectivity index (χ1n) is 10.1. The SMILES string of the molecule is CC(C)CN1C(=O)/C(=C/c2cn(CC(=O)NCc3ccco3)c3ccc(Br)cc23)SC1=S. The Bertz CT molecular complexity index is 1210. The van der Waals surface area contributed by atoms with Gasteiger partial charge in [0.25, 0.3) is 5.91 Å². The van der Waals surface area contributed by atoms with Crippen molar-refractivity contribution in [2.75, 3.05) is 6.54 Å². The van der Waals surface area contributed by atoms with Gasteiger partial charge in [-0.05, 0) is 42.3 Å². The number of nitrogens with zero attached hydrogens (tertiary/aromatic N) is 2. The van der Waals surface area contributed by atoms with Crippen molar-refractivity contribution >= 4 is 73.0 Å². The number of carbonyl (C=O) groups excluding carboxylic acids is 2. The molecule has 6 nitrogen and oxygen atoms in total. The van der Waals surface area contributed by atoms with Crippen molar-refractivity contribution in [3.63, 3.8) is 0 Å². The highest BCUT2D eigenvalue weighted by atomic mass is 79.9. The van der Waals surface area contributed by atoms with Gasteiger partial charge in [0.15, 0.2) is 0 Å². The predicted octanol–water partition coefficient (Wildman–Crippen LogP) is 5.17. The molecule has 2 amide bonds. The first kappa shape index (κ1) is 22.8. The number of aromatic nitrogens is 1. The number of furan rings is 1. The van der Waals surface area contributed by atoms with Gasteiger partial charge in [0, 0.05) is 33.7 Å². The second kappa shape index (κ2) is 9.64. The van der Waals surface area contributed by atoms with Crippen molar-refractivity contribution in [2.24, 2.45) is 5.92 Å². The molecular weight excluding hydrogens is 510 g/mol. The highest BCUT2D eigenvalue weighted by Crippen LogP contribution is 2.35. The van der Waals surface area contributed by atoms with Crippen LogP contribution in [0.1, 0.15) is 25.2 Å². The van der Waals surface area contributed by atoms with Crippen LogP contribution in [0.2, 0.25) is 0 Å². The van der Waals surface area contributed by atoms with Crippen LogP contribution in [0.15, 0.2) is 56.6 Å². The smallest absolute Gasteiger partial charge is 0.266 e. The van der Waals surface area contributed by atoms with E-state index in [-0.39, 0.29) is 18.4 Å². The van der Waals surface area contributed by atoms with Gasteiger partial charge >= 0.3 is 0 Å². The first-order valence-corrected chi connectivity index (χ1v) is 12.2. The van der Waals surface area contributed by atoms with E-state index in [4.69, 9.17) is 16.6 Å². The molecular formula is C23H22BrN3O3S2. The zero-order valence-corrected chi connectivity index (χ0v) is 20.9. The molecule has 4 rings (SSSR count). The number of thiocarbonyl (C=S) groups is 1. The van der Waals surface area contributed by atoms with Crippen LogP contribution in [0, 0.1) is 5.92 Å². The van der Waals surface area contributed by atoms with Crippen LogP contribution in [0.5, 0.6) is 0 Å². The lowest BCUT2D eigenvalue weighted by molar-refractivity contribution is -0.123. The number of carbonyl (C=O) groups is 2. The Morgan fingerprint density at radius 1 is 1.34 bits per heavy atom. The van der Waals surface area contributed by atoms with Crippen molar-refractivity contribution in [1.82, 2.24) is 14.8 Å². The second-order valence-electron chi connectivity index (χ2n) is 7.92. The van der Waals surface area contributed by atoms with Gasteiger partial charge in [-0.15, -0.1) is 0 Å². The van der Waals surface area contributed by atoms with Crippen LogP contribution >= 0.6 is 39.9 Å². The number of rotatable bonds is 7. The number of hydrogen-bond acceptors (Lipinski definition) is 5. The fraction of sp³-hybridized carbons (Fsp3) is 0.261. The van der Waals surface area contributed by atoms with Crippen LogP contribution in [-0.4, -0.2) is 32.1 Å². The lowest BCUT2D eigenvalue weighted by Gasteiger charge is -2.16. The van der Waals surface area contributed by atoms with Gasteiger partial charge in [0.1, 0.15) is 16.6 Å². The van der Waals surface area contributed by atoms with Crippen molar-refractivity contribution in [3.8, 4) is 0 Å². The van der Waals surface area contributed by atoms with Gasteiger partial charge in [-0.3, -0.25) is 14.5 Å². The van der Waals surface area contributed by atoms with Gasteiger partial charge < -0.3 is 14.3 Å². The molecule has 3 aromatic rings. The van der Waals surface area contributed by atoms with E-state index in [1.54, 1.807) is 17.2 Å². The number of thioether (sulfide) groups is 1. The van der Waals surface area contributed by atoms with Crippen LogP contribution in [0.3, 0.4) is 0 Å². The van der Waals surface area contributed by atoms with Crippen LogP contribution in [-0.2, 0) is 22.7 Å². The highest BCUT2D eigenvalue weighted by molar-refractivity contribution is 9.10. The van der Waals surface area contributed by atoms with Gasteiger partial charge in [0.05, 0.1) is 17.7 Å². The van der Waals surface area contributed by atoms with E-state index in [2.05, 4.69) is 35.1 Å². The third-order valence-electron chi connectivity index (χ3n) is 4.94. The molecule has 1 aliphatic rings. The normalized spacial score (nSPS) is 15.5. The molecule has 166 valence electrons. The Labute approximate surface area is 204 Å². The van der Waals surface area contributed by atoms with E-state index in [0.717, 1.165) is 20.9 Å². The van der Waals surface area contributed by atoms with E-state index >= 15 is 0 Å². The molecule has 2 aromatic heterocycles. The van der Waals surface area contributed by atoms with Crippen molar-refractivity contribution in [3.05, 3.63) is 63.5 Å². The van der Waals surface area contributed by atoms with E-state index in [0.29, 0.717) is 34.0 Å². The van der Waals surface area contributed by atoms with Crippen molar-refractivity contribution in [1.29, 1.82) is 0 Å². The highest BCUT2D eigenvalue weighted by Gasteiger charge is 2.32. The van der Waals surface area contributed by atoms with Crippen LogP contribution in [0.4, 0.5) is 0 Å². The lowest BCUT2D eigenvalue weighted by Crippen LogP contribution is -2.31. The Morgan fingerprint density at radius 3 is 2.88 bits per heavy atom. The quantitative estimate of drug-likeness (QED) is 0.336. The third-order valence-corrected chi connectivity index (χ3v) is 6.81. The first-order chi connectivity index (χ1) is 15.3. The summed E-state index contributed by atoms with van der Waals surface area (Å²) in [6, 6.07) is 9.49. The van der Waals surface area contributed by atoms with E-state index in [1.807, 2.05) is 41.1 Å². The maximum absolute atomic E-state index is 12.9. The summed E-state index contributed by atoms with van der Waals surface area (Å²) in [7, 11) is 0. The predicted molar refractivity (Wildman–Crippen MR) is 135 cm³/mol. The molecule has 1 aliphatic heterocycles.